The van der Waals surface area contributed by atoms with Crippen LogP contribution in [0.3, 0.4) is 0 Å². The van der Waals surface area contributed by atoms with E-state index >= 15 is 0 Å². The number of anilines is 2. The molecule has 0 bridgehead atoms. The van der Waals surface area contributed by atoms with E-state index in [0.29, 0.717) is 22.7 Å². The molecule has 0 saturated heterocycles. The fourth-order valence-corrected chi connectivity index (χ4v) is 2.85. The number of rotatable bonds is 7. The quantitative estimate of drug-likeness (QED) is 0.566. The number of ether oxygens (including phenoxy) is 1. The summed E-state index contributed by atoms with van der Waals surface area (Å²) in [6.07, 6.45) is 0. The van der Waals surface area contributed by atoms with Crippen LogP contribution in [0, 0.1) is 6.92 Å². The molecule has 0 fully saturated rings. The molecule has 0 heterocycles. The van der Waals surface area contributed by atoms with Crippen LogP contribution in [0.4, 0.5) is 11.4 Å². The highest BCUT2D eigenvalue weighted by atomic mass is 16.5. The topological polar surface area (TPSA) is 79.5 Å². The summed E-state index contributed by atoms with van der Waals surface area (Å²) in [6.45, 7) is 1.89. The smallest absolute Gasteiger partial charge is 0.251 e. The Bertz CT molecular complexity index is 1000. The van der Waals surface area contributed by atoms with Crippen molar-refractivity contribution in [2.75, 3.05) is 24.2 Å². The molecular weight excluding hydrogens is 366 g/mol. The van der Waals surface area contributed by atoms with E-state index in [4.69, 9.17) is 4.74 Å². The molecule has 3 rings (SSSR count). The van der Waals surface area contributed by atoms with Crippen molar-refractivity contribution in [3.05, 3.63) is 83.9 Å². The van der Waals surface area contributed by atoms with E-state index in [0.717, 1.165) is 11.3 Å². The second-order valence-electron chi connectivity index (χ2n) is 6.37. The van der Waals surface area contributed by atoms with Crippen molar-refractivity contribution in [3.63, 3.8) is 0 Å². The predicted octanol–water partition coefficient (Wildman–Crippen LogP) is 4.20. The molecule has 0 aliphatic heterocycles. The molecule has 0 atom stereocenters. The van der Waals surface area contributed by atoms with Gasteiger partial charge in [-0.2, -0.15) is 0 Å². The first-order valence-electron chi connectivity index (χ1n) is 9.26. The molecule has 3 aromatic carbocycles. The van der Waals surface area contributed by atoms with Gasteiger partial charge in [-0.3, -0.25) is 9.59 Å². The third-order valence-corrected chi connectivity index (χ3v) is 4.38. The average Bonchev–Trinajstić information content (AvgIpc) is 2.74. The molecule has 0 aliphatic rings. The van der Waals surface area contributed by atoms with Crippen molar-refractivity contribution < 1.29 is 14.3 Å². The van der Waals surface area contributed by atoms with Crippen LogP contribution in [-0.4, -0.2) is 25.4 Å². The largest absolute Gasteiger partial charge is 0.455 e. The second kappa shape index (κ2) is 9.41. The molecule has 6 heteroatoms. The van der Waals surface area contributed by atoms with E-state index < -0.39 is 0 Å². The van der Waals surface area contributed by atoms with Gasteiger partial charge in [-0.15, -0.1) is 0 Å². The van der Waals surface area contributed by atoms with E-state index in [2.05, 4.69) is 16.0 Å². The Morgan fingerprint density at radius 2 is 1.55 bits per heavy atom. The highest BCUT2D eigenvalue weighted by molar-refractivity contribution is 5.98. The maximum absolute atomic E-state index is 12.5. The first-order valence-corrected chi connectivity index (χ1v) is 9.26. The number of carbonyl (C=O) groups excluding carboxylic acids is 2. The van der Waals surface area contributed by atoms with Gasteiger partial charge in [-0.25, -0.2) is 0 Å². The minimum Gasteiger partial charge on any atom is -0.455 e. The summed E-state index contributed by atoms with van der Waals surface area (Å²) in [4.78, 5) is 24.4. The van der Waals surface area contributed by atoms with Crippen molar-refractivity contribution in [2.24, 2.45) is 0 Å². The summed E-state index contributed by atoms with van der Waals surface area (Å²) < 4.78 is 5.87. The molecule has 2 amide bonds. The summed E-state index contributed by atoms with van der Waals surface area (Å²) in [7, 11) is 1.59. The number of carbonyl (C=O) groups is 2. The molecule has 0 aliphatic carbocycles. The van der Waals surface area contributed by atoms with Crippen LogP contribution in [0.5, 0.6) is 11.5 Å². The Balaban J connectivity index is 1.66. The minimum atomic E-state index is -0.223. The summed E-state index contributed by atoms with van der Waals surface area (Å²) in [5.74, 6) is 0.861. The molecule has 0 radical (unpaired) electrons. The normalized spacial score (nSPS) is 10.1. The maximum atomic E-state index is 12.5. The summed E-state index contributed by atoms with van der Waals surface area (Å²) >= 11 is 0. The van der Waals surface area contributed by atoms with Crippen LogP contribution in [0.25, 0.3) is 0 Å². The molecule has 3 N–H and O–H groups in total. The Morgan fingerprint density at radius 3 is 2.31 bits per heavy atom. The molecule has 0 unspecified atom stereocenters. The third kappa shape index (κ3) is 5.13. The first kappa shape index (κ1) is 19.9. The van der Waals surface area contributed by atoms with Crippen molar-refractivity contribution in [1.29, 1.82) is 0 Å². The van der Waals surface area contributed by atoms with Crippen LogP contribution in [0.1, 0.15) is 15.9 Å². The summed E-state index contributed by atoms with van der Waals surface area (Å²) in [6, 6.07) is 22.0. The van der Waals surface area contributed by atoms with E-state index in [9.17, 15) is 9.59 Å². The number of benzene rings is 3. The number of nitrogens with one attached hydrogen (secondary N) is 3. The Hall–Kier alpha value is -3.80. The van der Waals surface area contributed by atoms with Gasteiger partial charge in [0.1, 0.15) is 5.75 Å². The molecule has 0 spiro atoms. The summed E-state index contributed by atoms with van der Waals surface area (Å²) in [5.41, 5.74) is 2.67. The van der Waals surface area contributed by atoms with Crippen LogP contribution >= 0.6 is 0 Å². The zero-order chi connectivity index (χ0) is 20.6. The van der Waals surface area contributed by atoms with Gasteiger partial charge < -0.3 is 20.7 Å². The number of hydrogen-bond acceptors (Lipinski definition) is 4. The number of amides is 2. The SMILES string of the molecule is CNC(=O)c1cccc(NCC(=O)Nc2ccccc2Oc2ccccc2)c1C. The monoisotopic (exact) mass is 389 g/mol. The number of para-hydroxylation sites is 3. The van der Waals surface area contributed by atoms with Crippen LogP contribution < -0.4 is 20.7 Å². The standard InChI is InChI=1S/C23H23N3O3/c1-16-18(23(28)24-2)11-8-13-19(16)25-15-22(27)26-20-12-6-7-14-21(20)29-17-9-4-3-5-10-17/h3-14,25H,15H2,1-2H3,(H,24,28)(H,26,27). The van der Waals surface area contributed by atoms with Crippen molar-refractivity contribution in [1.82, 2.24) is 5.32 Å². The Morgan fingerprint density at radius 1 is 0.862 bits per heavy atom. The fourth-order valence-electron chi connectivity index (χ4n) is 2.85. The second-order valence-corrected chi connectivity index (χ2v) is 6.37. The van der Waals surface area contributed by atoms with Gasteiger partial charge in [-0.05, 0) is 48.9 Å². The van der Waals surface area contributed by atoms with Gasteiger partial charge >= 0.3 is 0 Å². The van der Waals surface area contributed by atoms with E-state index in [1.54, 1.807) is 31.3 Å². The van der Waals surface area contributed by atoms with Gasteiger partial charge in [0.2, 0.25) is 5.91 Å². The average molecular weight is 389 g/mol. The highest BCUT2D eigenvalue weighted by Crippen LogP contribution is 2.29. The minimum absolute atomic E-state index is 0.0533. The van der Waals surface area contributed by atoms with Crippen molar-refractivity contribution >= 4 is 23.2 Å². The van der Waals surface area contributed by atoms with Gasteiger partial charge in [0.15, 0.2) is 5.75 Å². The van der Waals surface area contributed by atoms with Gasteiger partial charge in [0.05, 0.1) is 12.2 Å². The van der Waals surface area contributed by atoms with Gasteiger partial charge in [-0.1, -0.05) is 36.4 Å². The molecule has 148 valence electrons. The highest BCUT2D eigenvalue weighted by Gasteiger charge is 2.12. The zero-order valence-electron chi connectivity index (χ0n) is 16.4. The molecule has 29 heavy (non-hydrogen) atoms. The van der Waals surface area contributed by atoms with E-state index in [-0.39, 0.29) is 18.4 Å². The molecule has 6 nitrogen and oxygen atoms in total. The van der Waals surface area contributed by atoms with Crippen molar-refractivity contribution in [2.45, 2.75) is 6.92 Å². The first-order chi connectivity index (χ1) is 14.1. The fraction of sp³-hybridized carbons (Fsp3) is 0.130. The molecule has 3 aromatic rings. The van der Waals surface area contributed by atoms with E-state index in [1.807, 2.05) is 55.5 Å². The van der Waals surface area contributed by atoms with Gasteiger partial charge in [0.25, 0.3) is 5.91 Å². The lowest BCUT2D eigenvalue weighted by Gasteiger charge is -2.14. The Labute approximate surface area is 169 Å². The Kier molecular flexibility index (Phi) is 6.47. The van der Waals surface area contributed by atoms with Crippen LogP contribution in [-0.2, 0) is 4.79 Å². The lowest BCUT2D eigenvalue weighted by Crippen LogP contribution is -2.23. The summed E-state index contributed by atoms with van der Waals surface area (Å²) in [5, 5.41) is 8.57. The lowest BCUT2D eigenvalue weighted by molar-refractivity contribution is -0.114. The van der Waals surface area contributed by atoms with Crippen molar-refractivity contribution in [3.8, 4) is 11.5 Å². The third-order valence-electron chi connectivity index (χ3n) is 4.38. The molecule has 0 saturated carbocycles. The van der Waals surface area contributed by atoms with Crippen LogP contribution in [0.2, 0.25) is 0 Å². The maximum Gasteiger partial charge on any atom is 0.251 e. The van der Waals surface area contributed by atoms with Crippen LogP contribution in [0.15, 0.2) is 72.8 Å². The van der Waals surface area contributed by atoms with Gasteiger partial charge in [0, 0.05) is 18.3 Å². The molecular formula is C23H23N3O3. The lowest BCUT2D eigenvalue weighted by atomic mass is 10.1. The molecule has 0 aromatic heterocycles. The predicted molar refractivity (Wildman–Crippen MR) is 115 cm³/mol. The van der Waals surface area contributed by atoms with E-state index in [1.165, 1.54) is 0 Å². The number of hydrogen-bond donors (Lipinski definition) is 3. The zero-order valence-corrected chi connectivity index (χ0v) is 16.4.